The maximum Gasteiger partial charge on any atom is 0.259 e. The predicted molar refractivity (Wildman–Crippen MR) is 142 cm³/mol. The van der Waals surface area contributed by atoms with Crippen LogP contribution in [-0.4, -0.2) is 76.0 Å². The van der Waals surface area contributed by atoms with E-state index in [0.29, 0.717) is 35.4 Å². The van der Waals surface area contributed by atoms with Gasteiger partial charge in [0, 0.05) is 45.0 Å². The van der Waals surface area contributed by atoms with Crippen LogP contribution in [0.5, 0.6) is 5.75 Å². The molecule has 5 rings (SSSR count). The molecule has 8 nitrogen and oxygen atoms in total. The molecule has 1 amide bonds. The number of pyridine rings is 1. The average molecular weight is 485 g/mol. The minimum absolute atomic E-state index is 0.251. The fourth-order valence-electron chi connectivity index (χ4n) is 4.54. The van der Waals surface area contributed by atoms with Gasteiger partial charge in [0.1, 0.15) is 29.5 Å². The van der Waals surface area contributed by atoms with Crippen molar-refractivity contribution in [1.29, 1.82) is 0 Å². The summed E-state index contributed by atoms with van der Waals surface area (Å²) in [7, 11) is 0. The smallest absolute Gasteiger partial charge is 0.259 e. The van der Waals surface area contributed by atoms with Gasteiger partial charge in [0.15, 0.2) is 0 Å². The van der Waals surface area contributed by atoms with Crippen molar-refractivity contribution in [3.8, 4) is 17.1 Å². The fraction of sp³-hybridized carbons (Fsp3) is 0.321. The summed E-state index contributed by atoms with van der Waals surface area (Å²) in [6.45, 7) is 10.3. The number of nitrogens with one attached hydrogen (secondary N) is 2. The van der Waals surface area contributed by atoms with Gasteiger partial charge in [0.05, 0.1) is 16.6 Å². The molecular formula is C28H32N6O2. The van der Waals surface area contributed by atoms with E-state index in [1.165, 1.54) is 0 Å². The number of rotatable bonds is 8. The van der Waals surface area contributed by atoms with Crippen molar-refractivity contribution in [3.05, 3.63) is 72.4 Å². The number of aromatic amines is 1. The molecular weight excluding hydrogens is 452 g/mol. The SMILES string of the molecule is CC(C)N1CCN(CCOc2ccccc2-c2nc3c(C(=O)Nc4ccccn4)cccc3[nH]2)CC1. The number of carbonyl (C=O) groups excluding carboxylic acids is 1. The van der Waals surface area contributed by atoms with E-state index in [4.69, 9.17) is 9.72 Å². The number of carbonyl (C=O) groups is 1. The molecule has 1 aliphatic heterocycles. The van der Waals surface area contributed by atoms with Crippen LogP contribution in [0.3, 0.4) is 0 Å². The van der Waals surface area contributed by atoms with E-state index < -0.39 is 0 Å². The van der Waals surface area contributed by atoms with E-state index in [9.17, 15) is 4.79 Å². The maximum absolute atomic E-state index is 13.0. The van der Waals surface area contributed by atoms with Crippen molar-refractivity contribution in [2.24, 2.45) is 0 Å². The Balaban J connectivity index is 1.30. The third-order valence-electron chi connectivity index (χ3n) is 6.61. The Hall–Kier alpha value is -3.75. The van der Waals surface area contributed by atoms with Crippen LogP contribution in [0.4, 0.5) is 5.82 Å². The number of hydrogen-bond donors (Lipinski definition) is 2. The first kappa shape index (κ1) is 24.0. The van der Waals surface area contributed by atoms with E-state index >= 15 is 0 Å². The number of nitrogens with zero attached hydrogens (tertiary/aromatic N) is 4. The van der Waals surface area contributed by atoms with Crippen molar-refractivity contribution in [2.75, 3.05) is 44.6 Å². The summed E-state index contributed by atoms with van der Waals surface area (Å²) in [5.74, 6) is 1.69. The van der Waals surface area contributed by atoms with E-state index in [2.05, 4.69) is 38.9 Å². The van der Waals surface area contributed by atoms with Crippen LogP contribution in [-0.2, 0) is 0 Å². The number of aromatic nitrogens is 3. The number of hydrogen-bond acceptors (Lipinski definition) is 6. The van der Waals surface area contributed by atoms with Gasteiger partial charge in [-0.25, -0.2) is 9.97 Å². The molecule has 1 aliphatic rings. The Bertz CT molecular complexity index is 1310. The Labute approximate surface area is 211 Å². The molecule has 0 aliphatic carbocycles. The van der Waals surface area contributed by atoms with E-state index in [1.807, 2.05) is 48.5 Å². The van der Waals surface area contributed by atoms with Gasteiger partial charge < -0.3 is 15.0 Å². The summed E-state index contributed by atoms with van der Waals surface area (Å²) in [4.78, 5) is 30.3. The molecule has 2 aromatic heterocycles. The summed E-state index contributed by atoms with van der Waals surface area (Å²) >= 11 is 0. The molecule has 3 heterocycles. The van der Waals surface area contributed by atoms with Crippen LogP contribution in [0.25, 0.3) is 22.4 Å². The highest BCUT2D eigenvalue weighted by atomic mass is 16.5. The lowest BCUT2D eigenvalue weighted by molar-refractivity contribution is 0.0972. The van der Waals surface area contributed by atoms with Crippen molar-refractivity contribution in [1.82, 2.24) is 24.8 Å². The van der Waals surface area contributed by atoms with Crippen LogP contribution in [0.2, 0.25) is 0 Å². The number of imidazole rings is 1. The van der Waals surface area contributed by atoms with Gasteiger partial charge in [-0.2, -0.15) is 0 Å². The zero-order valence-electron chi connectivity index (χ0n) is 20.8. The molecule has 1 fully saturated rings. The number of anilines is 1. The minimum Gasteiger partial charge on any atom is -0.491 e. The molecule has 0 radical (unpaired) electrons. The van der Waals surface area contributed by atoms with Gasteiger partial charge in [-0.15, -0.1) is 0 Å². The lowest BCUT2D eigenvalue weighted by atomic mass is 10.1. The molecule has 0 unspecified atom stereocenters. The molecule has 4 aromatic rings. The topological polar surface area (TPSA) is 86.4 Å². The summed E-state index contributed by atoms with van der Waals surface area (Å²) in [6.07, 6.45) is 1.64. The summed E-state index contributed by atoms with van der Waals surface area (Å²) in [5, 5.41) is 2.84. The first-order chi connectivity index (χ1) is 17.6. The second kappa shape index (κ2) is 10.9. The van der Waals surface area contributed by atoms with Crippen LogP contribution < -0.4 is 10.1 Å². The highest BCUT2D eigenvalue weighted by Crippen LogP contribution is 2.30. The molecule has 2 aromatic carbocycles. The summed E-state index contributed by atoms with van der Waals surface area (Å²) in [5.41, 5.74) is 2.75. The first-order valence-electron chi connectivity index (χ1n) is 12.5. The monoisotopic (exact) mass is 484 g/mol. The van der Waals surface area contributed by atoms with E-state index in [0.717, 1.165) is 49.6 Å². The second-order valence-corrected chi connectivity index (χ2v) is 9.27. The van der Waals surface area contributed by atoms with Crippen molar-refractivity contribution in [2.45, 2.75) is 19.9 Å². The number of piperazine rings is 1. The third-order valence-corrected chi connectivity index (χ3v) is 6.61. The number of ether oxygens (including phenoxy) is 1. The van der Waals surface area contributed by atoms with Crippen LogP contribution in [0.1, 0.15) is 24.2 Å². The fourth-order valence-corrected chi connectivity index (χ4v) is 4.54. The van der Waals surface area contributed by atoms with Gasteiger partial charge in [-0.05, 0) is 50.2 Å². The van der Waals surface area contributed by atoms with Crippen molar-refractivity contribution >= 4 is 22.8 Å². The number of fused-ring (bicyclic) bond motifs is 1. The van der Waals surface area contributed by atoms with Crippen LogP contribution >= 0.6 is 0 Å². The molecule has 0 bridgehead atoms. The van der Waals surface area contributed by atoms with Crippen LogP contribution in [0.15, 0.2) is 66.9 Å². The highest BCUT2D eigenvalue weighted by molar-refractivity contribution is 6.11. The van der Waals surface area contributed by atoms with Crippen LogP contribution in [0, 0.1) is 0 Å². The standard InChI is InChI=1S/C28H32N6O2/c1-20(2)34-16-14-33(15-17-34)18-19-36-24-11-4-3-8-21(24)27-30-23-10-7-9-22(26(23)32-27)28(35)31-25-12-5-6-13-29-25/h3-13,20H,14-19H2,1-2H3,(H,30,32)(H,29,31,35). The van der Waals surface area contributed by atoms with E-state index in [-0.39, 0.29) is 5.91 Å². The molecule has 1 saturated heterocycles. The largest absolute Gasteiger partial charge is 0.491 e. The van der Waals surface area contributed by atoms with Crippen molar-refractivity contribution < 1.29 is 9.53 Å². The molecule has 186 valence electrons. The lowest BCUT2D eigenvalue weighted by Gasteiger charge is -2.36. The average Bonchev–Trinajstić information content (AvgIpc) is 3.34. The molecule has 2 N–H and O–H groups in total. The second-order valence-electron chi connectivity index (χ2n) is 9.27. The number of H-pyrrole nitrogens is 1. The van der Waals surface area contributed by atoms with Crippen molar-refractivity contribution in [3.63, 3.8) is 0 Å². The number of amides is 1. The minimum atomic E-state index is -0.251. The quantitative estimate of drug-likeness (QED) is 0.388. The Kier molecular flexibility index (Phi) is 7.25. The first-order valence-corrected chi connectivity index (χ1v) is 12.5. The van der Waals surface area contributed by atoms with E-state index in [1.54, 1.807) is 18.3 Å². The van der Waals surface area contributed by atoms with Gasteiger partial charge in [-0.1, -0.05) is 24.3 Å². The zero-order valence-corrected chi connectivity index (χ0v) is 20.8. The maximum atomic E-state index is 13.0. The highest BCUT2D eigenvalue weighted by Gasteiger charge is 2.19. The molecule has 0 spiro atoms. The van der Waals surface area contributed by atoms with Gasteiger partial charge in [0.25, 0.3) is 5.91 Å². The number of benzene rings is 2. The lowest BCUT2D eigenvalue weighted by Crippen LogP contribution is -2.49. The molecule has 0 saturated carbocycles. The normalized spacial score (nSPS) is 14.9. The molecule has 36 heavy (non-hydrogen) atoms. The van der Waals surface area contributed by atoms with Gasteiger partial charge in [0.2, 0.25) is 0 Å². The Morgan fingerprint density at radius 2 is 1.83 bits per heavy atom. The van der Waals surface area contributed by atoms with Gasteiger partial charge >= 0.3 is 0 Å². The third kappa shape index (κ3) is 5.40. The zero-order chi connectivity index (χ0) is 24.9. The predicted octanol–water partition coefficient (Wildman–Crippen LogP) is 4.28. The molecule has 0 atom stereocenters. The Morgan fingerprint density at radius 1 is 1.03 bits per heavy atom. The summed E-state index contributed by atoms with van der Waals surface area (Å²) < 4.78 is 6.22. The number of para-hydroxylation sites is 2. The summed E-state index contributed by atoms with van der Waals surface area (Å²) in [6, 6.07) is 19.4. The molecule has 8 heteroatoms. The Morgan fingerprint density at radius 3 is 2.61 bits per heavy atom. The van der Waals surface area contributed by atoms with Gasteiger partial charge in [-0.3, -0.25) is 14.6 Å².